The summed E-state index contributed by atoms with van der Waals surface area (Å²) in [6, 6.07) is 13.6. The Morgan fingerprint density at radius 3 is 2.62 bits per heavy atom. The van der Waals surface area contributed by atoms with Gasteiger partial charge in [-0.3, -0.25) is 0 Å². The van der Waals surface area contributed by atoms with E-state index in [1.807, 2.05) is 43.3 Å². The van der Waals surface area contributed by atoms with Crippen LogP contribution in [0.15, 0.2) is 47.0 Å². The molecule has 0 bridgehead atoms. The van der Waals surface area contributed by atoms with E-state index in [0.717, 1.165) is 17.0 Å². The van der Waals surface area contributed by atoms with Gasteiger partial charge in [0.25, 0.3) is 0 Å². The normalized spacial score (nSPS) is 10.6. The molecule has 124 valence electrons. The van der Waals surface area contributed by atoms with Gasteiger partial charge in [-0.2, -0.15) is 4.98 Å². The van der Waals surface area contributed by atoms with Crippen molar-refractivity contribution in [2.45, 2.75) is 6.92 Å². The Morgan fingerprint density at radius 2 is 1.92 bits per heavy atom. The van der Waals surface area contributed by atoms with Gasteiger partial charge in [0, 0.05) is 31.4 Å². The van der Waals surface area contributed by atoms with Crippen LogP contribution in [0.4, 0.5) is 17.6 Å². The van der Waals surface area contributed by atoms with E-state index in [4.69, 9.17) is 9.26 Å². The van der Waals surface area contributed by atoms with Crippen molar-refractivity contribution in [1.29, 1.82) is 0 Å². The Bertz CT molecular complexity index is 789. The molecule has 2 aromatic heterocycles. The summed E-state index contributed by atoms with van der Waals surface area (Å²) in [5.74, 6) is 2.45. The molecule has 2 heterocycles. The summed E-state index contributed by atoms with van der Waals surface area (Å²) in [7, 11) is 1.66. The number of ether oxygens (including phenoxy) is 1. The number of hydrogen-bond donors (Lipinski definition) is 2. The van der Waals surface area contributed by atoms with Gasteiger partial charge in [-0.15, -0.1) is 0 Å². The maximum Gasteiger partial charge on any atom is 0.231 e. The molecule has 0 saturated heterocycles. The van der Waals surface area contributed by atoms with Crippen molar-refractivity contribution in [2.24, 2.45) is 0 Å². The van der Waals surface area contributed by atoms with Crippen molar-refractivity contribution >= 4 is 17.6 Å². The highest BCUT2D eigenvalue weighted by Gasteiger charge is 2.09. The number of hydrogen-bond acceptors (Lipinski definition) is 7. The van der Waals surface area contributed by atoms with Crippen LogP contribution in [0.3, 0.4) is 0 Å². The lowest BCUT2D eigenvalue weighted by Crippen LogP contribution is -2.10. The summed E-state index contributed by atoms with van der Waals surface area (Å²) >= 11 is 0. The van der Waals surface area contributed by atoms with Crippen molar-refractivity contribution in [2.75, 3.05) is 30.9 Å². The highest BCUT2D eigenvalue weighted by atomic mass is 16.5. The van der Waals surface area contributed by atoms with Gasteiger partial charge < -0.3 is 19.9 Å². The fourth-order valence-corrected chi connectivity index (χ4v) is 2.17. The standard InChI is InChI=1S/C17H19N5O2/c1-12-10-16(22-24-12)21-17-19-14(13-6-4-3-5-7-13)11-15(20-17)18-8-9-23-2/h3-7,10-11H,8-9H2,1-2H3,(H2,18,19,20,21,22). The zero-order chi connectivity index (χ0) is 16.8. The van der Waals surface area contributed by atoms with Crippen molar-refractivity contribution in [3.63, 3.8) is 0 Å². The number of nitrogens with one attached hydrogen (secondary N) is 2. The Hall–Kier alpha value is -2.93. The smallest absolute Gasteiger partial charge is 0.231 e. The van der Waals surface area contributed by atoms with Crippen LogP contribution in [0.5, 0.6) is 0 Å². The SMILES string of the molecule is COCCNc1cc(-c2ccccc2)nc(Nc2cc(C)on2)n1. The van der Waals surface area contributed by atoms with Gasteiger partial charge in [-0.25, -0.2) is 4.98 Å². The number of aromatic nitrogens is 3. The van der Waals surface area contributed by atoms with Gasteiger partial charge in [-0.1, -0.05) is 35.5 Å². The van der Waals surface area contributed by atoms with Gasteiger partial charge in [0.1, 0.15) is 11.6 Å². The Morgan fingerprint density at radius 1 is 1.08 bits per heavy atom. The largest absolute Gasteiger partial charge is 0.383 e. The lowest BCUT2D eigenvalue weighted by Gasteiger charge is -2.10. The van der Waals surface area contributed by atoms with Crippen LogP contribution in [-0.4, -0.2) is 35.4 Å². The fourth-order valence-electron chi connectivity index (χ4n) is 2.17. The molecule has 0 radical (unpaired) electrons. The third kappa shape index (κ3) is 4.08. The summed E-state index contributed by atoms with van der Waals surface area (Å²) in [6.45, 7) is 3.08. The molecule has 1 aromatic carbocycles. The molecule has 0 aliphatic carbocycles. The van der Waals surface area contributed by atoms with Gasteiger partial charge in [0.05, 0.1) is 12.3 Å². The quantitative estimate of drug-likeness (QED) is 0.645. The summed E-state index contributed by atoms with van der Waals surface area (Å²) in [5, 5.41) is 10.2. The van der Waals surface area contributed by atoms with Crippen LogP contribution in [0.2, 0.25) is 0 Å². The minimum Gasteiger partial charge on any atom is -0.383 e. The highest BCUT2D eigenvalue weighted by Crippen LogP contribution is 2.22. The number of nitrogens with zero attached hydrogens (tertiary/aromatic N) is 3. The monoisotopic (exact) mass is 325 g/mol. The van der Waals surface area contributed by atoms with Crippen LogP contribution in [0, 0.1) is 6.92 Å². The minimum absolute atomic E-state index is 0.449. The first-order chi connectivity index (χ1) is 11.7. The second-order valence-electron chi connectivity index (χ2n) is 5.20. The molecule has 7 nitrogen and oxygen atoms in total. The van der Waals surface area contributed by atoms with Crippen LogP contribution in [0.1, 0.15) is 5.76 Å². The van der Waals surface area contributed by atoms with Crippen LogP contribution in [0.25, 0.3) is 11.3 Å². The predicted octanol–water partition coefficient (Wildman–Crippen LogP) is 3.24. The molecular weight excluding hydrogens is 306 g/mol. The number of aryl methyl sites for hydroxylation is 1. The molecule has 0 unspecified atom stereocenters. The molecule has 0 aliphatic heterocycles. The lowest BCUT2D eigenvalue weighted by molar-refractivity contribution is 0.210. The molecule has 0 amide bonds. The zero-order valence-corrected chi connectivity index (χ0v) is 13.6. The van der Waals surface area contributed by atoms with Gasteiger partial charge >= 0.3 is 0 Å². The van der Waals surface area contributed by atoms with Crippen molar-refractivity contribution in [3.8, 4) is 11.3 Å². The third-order valence-corrected chi connectivity index (χ3v) is 3.28. The van der Waals surface area contributed by atoms with Crippen molar-refractivity contribution < 1.29 is 9.26 Å². The Labute approximate surface area is 140 Å². The minimum atomic E-state index is 0.449. The number of methoxy groups -OCH3 is 1. The summed E-state index contributed by atoms with van der Waals surface area (Å²) < 4.78 is 10.1. The third-order valence-electron chi connectivity index (χ3n) is 3.28. The van der Waals surface area contributed by atoms with E-state index in [9.17, 15) is 0 Å². The summed E-state index contributed by atoms with van der Waals surface area (Å²) in [4.78, 5) is 9.03. The number of rotatable bonds is 7. The molecule has 3 rings (SSSR count). The highest BCUT2D eigenvalue weighted by molar-refractivity contribution is 5.65. The maximum absolute atomic E-state index is 5.06. The number of anilines is 3. The molecule has 0 saturated carbocycles. The van der Waals surface area contributed by atoms with E-state index in [0.29, 0.717) is 30.7 Å². The van der Waals surface area contributed by atoms with Crippen LogP contribution in [-0.2, 0) is 4.74 Å². The van der Waals surface area contributed by atoms with E-state index in [1.165, 1.54) is 0 Å². The van der Waals surface area contributed by atoms with Gasteiger partial charge in [0.15, 0.2) is 5.82 Å². The molecule has 3 aromatic rings. The first-order valence-corrected chi connectivity index (χ1v) is 7.62. The van der Waals surface area contributed by atoms with E-state index in [-0.39, 0.29) is 0 Å². The van der Waals surface area contributed by atoms with Crippen molar-refractivity contribution in [3.05, 3.63) is 48.2 Å². The Balaban J connectivity index is 1.90. The molecule has 0 fully saturated rings. The summed E-state index contributed by atoms with van der Waals surface area (Å²) in [6.07, 6.45) is 0. The molecule has 2 N–H and O–H groups in total. The van der Waals surface area contributed by atoms with E-state index in [2.05, 4.69) is 25.8 Å². The number of benzene rings is 1. The van der Waals surface area contributed by atoms with Crippen LogP contribution >= 0.6 is 0 Å². The molecule has 7 heteroatoms. The first-order valence-electron chi connectivity index (χ1n) is 7.62. The van der Waals surface area contributed by atoms with E-state index in [1.54, 1.807) is 13.2 Å². The van der Waals surface area contributed by atoms with E-state index >= 15 is 0 Å². The lowest BCUT2D eigenvalue weighted by atomic mass is 10.1. The second-order valence-corrected chi connectivity index (χ2v) is 5.20. The maximum atomic E-state index is 5.06. The van der Waals surface area contributed by atoms with Crippen LogP contribution < -0.4 is 10.6 Å². The first kappa shape index (κ1) is 15.9. The predicted molar refractivity (Wildman–Crippen MR) is 92.4 cm³/mol. The second kappa shape index (κ2) is 7.56. The Kier molecular flexibility index (Phi) is 5.02. The van der Waals surface area contributed by atoms with Crippen molar-refractivity contribution in [1.82, 2.24) is 15.1 Å². The fraction of sp³-hybridized carbons (Fsp3) is 0.235. The average molecular weight is 325 g/mol. The average Bonchev–Trinajstić information content (AvgIpc) is 3.00. The zero-order valence-electron chi connectivity index (χ0n) is 13.6. The molecule has 24 heavy (non-hydrogen) atoms. The molecule has 0 atom stereocenters. The molecule has 0 aliphatic rings. The molecular formula is C17H19N5O2. The van der Waals surface area contributed by atoms with Gasteiger partial charge in [0.2, 0.25) is 5.95 Å². The topological polar surface area (TPSA) is 85.1 Å². The van der Waals surface area contributed by atoms with E-state index < -0.39 is 0 Å². The van der Waals surface area contributed by atoms with Gasteiger partial charge in [-0.05, 0) is 6.92 Å². The summed E-state index contributed by atoms with van der Waals surface area (Å²) in [5.41, 5.74) is 1.82. The molecule has 0 spiro atoms.